The quantitative estimate of drug-likeness (QED) is 0.325. The molecule has 2 rings (SSSR count). The van der Waals surface area contributed by atoms with E-state index in [4.69, 9.17) is 5.84 Å². The lowest BCUT2D eigenvalue weighted by molar-refractivity contribution is 0.263. The van der Waals surface area contributed by atoms with Crippen LogP contribution < -0.4 is 16.6 Å². The average Bonchev–Trinajstić information content (AvgIpc) is 2.41. The van der Waals surface area contributed by atoms with Crippen LogP contribution in [0.2, 0.25) is 0 Å². The highest BCUT2D eigenvalue weighted by atomic mass is 32.2. The number of thioether (sulfide) groups is 1. The smallest absolute Gasteiger partial charge is 0.191 e. The number of nitrogens with zero attached hydrogens (tertiary/aromatic N) is 3. The first-order valence-electron chi connectivity index (χ1n) is 6.06. The van der Waals surface area contributed by atoms with Crippen LogP contribution in [0.3, 0.4) is 0 Å². The van der Waals surface area contributed by atoms with E-state index in [1.165, 1.54) is 11.8 Å². The minimum atomic E-state index is 0.483. The van der Waals surface area contributed by atoms with Gasteiger partial charge in [-0.2, -0.15) is 0 Å². The van der Waals surface area contributed by atoms with Gasteiger partial charge in [0.1, 0.15) is 11.6 Å². The number of nitrogen functional groups attached to an aromatic ring is 1. The Morgan fingerprint density at radius 2 is 2.00 bits per heavy atom. The zero-order valence-electron chi connectivity index (χ0n) is 10.8. The van der Waals surface area contributed by atoms with Gasteiger partial charge in [-0.3, -0.25) is 0 Å². The topological polar surface area (TPSA) is 79.1 Å². The molecule has 0 unspecified atom stereocenters. The van der Waals surface area contributed by atoms with Gasteiger partial charge in [0, 0.05) is 12.1 Å². The van der Waals surface area contributed by atoms with Crippen LogP contribution in [0.1, 0.15) is 12.8 Å². The van der Waals surface area contributed by atoms with Crippen LogP contribution >= 0.6 is 11.8 Å². The maximum atomic E-state index is 5.41. The van der Waals surface area contributed by atoms with Crippen LogP contribution in [0.15, 0.2) is 11.2 Å². The van der Waals surface area contributed by atoms with E-state index in [0.29, 0.717) is 11.9 Å². The summed E-state index contributed by atoms with van der Waals surface area (Å²) in [7, 11) is 2.16. The maximum Gasteiger partial charge on any atom is 0.191 e. The Balaban J connectivity index is 2.03. The summed E-state index contributed by atoms with van der Waals surface area (Å²) in [6, 6.07) is 2.33. The van der Waals surface area contributed by atoms with Gasteiger partial charge in [-0.25, -0.2) is 15.8 Å². The molecule has 0 aromatic carbocycles. The zero-order valence-corrected chi connectivity index (χ0v) is 11.6. The normalized spacial score (nSPS) is 17.7. The summed E-state index contributed by atoms with van der Waals surface area (Å²) in [4.78, 5) is 11.0. The number of aromatic nitrogens is 2. The van der Waals surface area contributed by atoms with Crippen molar-refractivity contribution in [2.75, 3.05) is 37.1 Å². The molecule has 1 saturated heterocycles. The van der Waals surface area contributed by atoms with E-state index in [1.807, 2.05) is 12.3 Å². The van der Waals surface area contributed by atoms with Crippen molar-refractivity contribution >= 4 is 23.4 Å². The minimum absolute atomic E-state index is 0.483. The van der Waals surface area contributed by atoms with Crippen molar-refractivity contribution in [1.29, 1.82) is 0 Å². The molecule has 100 valence electrons. The second-order valence-corrected chi connectivity index (χ2v) is 5.26. The fourth-order valence-corrected chi connectivity index (χ4v) is 2.41. The molecular formula is C11H20N6S. The lowest BCUT2D eigenvalue weighted by Crippen LogP contribution is -2.36. The number of nitrogens with two attached hydrogens (primary N) is 1. The third-order valence-electron chi connectivity index (χ3n) is 3.11. The molecule has 1 aliphatic rings. The van der Waals surface area contributed by atoms with Crippen molar-refractivity contribution in [2.45, 2.75) is 24.0 Å². The molecule has 18 heavy (non-hydrogen) atoms. The van der Waals surface area contributed by atoms with Gasteiger partial charge >= 0.3 is 0 Å². The van der Waals surface area contributed by atoms with Crippen molar-refractivity contribution in [3.63, 3.8) is 0 Å². The van der Waals surface area contributed by atoms with Crippen LogP contribution in [0, 0.1) is 0 Å². The Bertz CT molecular complexity index is 369. The molecule has 1 aliphatic heterocycles. The van der Waals surface area contributed by atoms with Gasteiger partial charge < -0.3 is 15.6 Å². The van der Waals surface area contributed by atoms with Crippen LogP contribution in [-0.2, 0) is 0 Å². The van der Waals surface area contributed by atoms with E-state index < -0.39 is 0 Å². The molecule has 0 aliphatic carbocycles. The molecule has 0 bridgehead atoms. The number of likely N-dealkylation sites (tertiary alicyclic amines) is 1. The molecule has 2 heterocycles. The summed E-state index contributed by atoms with van der Waals surface area (Å²) in [5.41, 5.74) is 2.57. The predicted octanol–water partition coefficient (Wildman–Crippen LogP) is 0.990. The number of hydrazine groups is 1. The predicted molar refractivity (Wildman–Crippen MR) is 75.8 cm³/mol. The first-order chi connectivity index (χ1) is 8.71. The minimum Gasteiger partial charge on any atom is -0.367 e. The fraction of sp³-hybridized carbons (Fsp3) is 0.636. The molecular weight excluding hydrogens is 248 g/mol. The number of rotatable bonds is 4. The second kappa shape index (κ2) is 6.21. The van der Waals surface area contributed by atoms with Crippen LogP contribution in [0.4, 0.5) is 11.6 Å². The van der Waals surface area contributed by atoms with Crippen molar-refractivity contribution in [1.82, 2.24) is 14.9 Å². The van der Waals surface area contributed by atoms with Crippen LogP contribution in [0.25, 0.3) is 0 Å². The highest BCUT2D eigenvalue weighted by Crippen LogP contribution is 2.19. The third kappa shape index (κ3) is 3.47. The lowest BCUT2D eigenvalue weighted by Gasteiger charge is -2.29. The highest BCUT2D eigenvalue weighted by Gasteiger charge is 2.17. The number of hydrogen-bond donors (Lipinski definition) is 3. The molecule has 1 aromatic heterocycles. The van der Waals surface area contributed by atoms with E-state index in [0.717, 1.165) is 36.9 Å². The fourth-order valence-electron chi connectivity index (χ4n) is 2.03. The molecule has 0 radical (unpaired) electrons. The number of piperidine rings is 1. The summed E-state index contributed by atoms with van der Waals surface area (Å²) < 4.78 is 0. The van der Waals surface area contributed by atoms with E-state index in [2.05, 4.69) is 32.7 Å². The number of anilines is 2. The second-order valence-electron chi connectivity index (χ2n) is 4.49. The van der Waals surface area contributed by atoms with Gasteiger partial charge in [0.15, 0.2) is 5.16 Å². The summed E-state index contributed by atoms with van der Waals surface area (Å²) in [6.45, 7) is 2.25. The van der Waals surface area contributed by atoms with Gasteiger partial charge in [0.05, 0.1) is 0 Å². The Morgan fingerprint density at radius 3 is 2.61 bits per heavy atom. The Kier molecular flexibility index (Phi) is 4.62. The van der Waals surface area contributed by atoms with Crippen molar-refractivity contribution in [3.05, 3.63) is 6.07 Å². The Labute approximate surface area is 112 Å². The summed E-state index contributed by atoms with van der Waals surface area (Å²) in [5.74, 6) is 6.90. The standard InChI is InChI=1S/C11H20N6S/c1-17-5-3-8(4-6-17)13-9-7-10(16-12)15-11(14-9)18-2/h7-8H,3-6,12H2,1-2H3,(H2,13,14,15,16). The first-order valence-corrected chi connectivity index (χ1v) is 7.28. The molecule has 6 nitrogen and oxygen atoms in total. The molecule has 7 heteroatoms. The monoisotopic (exact) mass is 268 g/mol. The van der Waals surface area contributed by atoms with Crippen molar-refractivity contribution in [3.8, 4) is 0 Å². The Morgan fingerprint density at radius 1 is 1.33 bits per heavy atom. The van der Waals surface area contributed by atoms with Crippen LogP contribution in [0.5, 0.6) is 0 Å². The first kappa shape index (κ1) is 13.4. The highest BCUT2D eigenvalue weighted by molar-refractivity contribution is 7.98. The average molecular weight is 268 g/mol. The molecule has 0 spiro atoms. The summed E-state index contributed by atoms with van der Waals surface area (Å²) in [5, 5.41) is 4.19. The van der Waals surface area contributed by atoms with E-state index in [9.17, 15) is 0 Å². The van der Waals surface area contributed by atoms with Crippen LogP contribution in [-0.4, -0.2) is 47.3 Å². The molecule has 0 atom stereocenters. The van der Waals surface area contributed by atoms with Gasteiger partial charge in [0.25, 0.3) is 0 Å². The summed E-state index contributed by atoms with van der Waals surface area (Å²) >= 11 is 1.51. The van der Waals surface area contributed by atoms with Gasteiger partial charge in [-0.05, 0) is 39.2 Å². The largest absolute Gasteiger partial charge is 0.367 e. The van der Waals surface area contributed by atoms with Gasteiger partial charge in [-0.15, -0.1) is 0 Å². The van der Waals surface area contributed by atoms with Crippen molar-refractivity contribution < 1.29 is 0 Å². The van der Waals surface area contributed by atoms with E-state index in [-0.39, 0.29) is 0 Å². The molecule has 4 N–H and O–H groups in total. The molecule has 0 amide bonds. The van der Waals surface area contributed by atoms with E-state index >= 15 is 0 Å². The Hall–Kier alpha value is -1.05. The van der Waals surface area contributed by atoms with Crippen molar-refractivity contribution in [2.24, 2.45) is 5.84 Å². The maximum absolute atomic E-state index is 5.41. The SMILES string of the molecule is CSc1nc(NN)cc(NC2CCN(C)CC2)n1. The molecule has 1 fully saturated rings. The number of hydrogen-bond acceptors (Lipinski definition) is 7. The summed E-state index contributed by atoms with van der Waals surface area (Å²) in [6.07, 6.45) is 4.23. The van der Waals surface area contributed by atoms with E-state index in [1.54, 1.807) is 0 Å². The lowest BCUT2D eigenvalue weighted by atomic mass is 10.1. The molecule has 1 aromatic rings. The van der Waals surface area contributed by atoms with Gasteiger partial charge in [0.2, 0.25) is 0 Å². The molecule has 0 saturated carbocycles. The zero-order chi connectivity index (χ0) is 13.0. The number of nitrogens with one attached hydrogen (secondary N) is 2. The third-order valence-corrected chi connectivity index (χ3v) is 3.65. The van der Waals surface area contributed by atoms with Gasteiger partial charge in [-0.1, -0.05) is 11.8 Å².